The lowest BCUT2D eigenvalue weighted by molar-refractivity contribution is -0.140. The van der Waals surface area contributed by atoms with Gasteiger partial charge in [0.1, 0.15) is 10.8 Å². The van der Waals surface area contributed by atoms with Crippen LogP contribution in [-0.4, -0.2) is 60.4 Å². The van der Waals surface area contributed by atoms with E-state index in [0.717, 1.165) is 29.6 Å². The molecule has 1 fully saturated rings. The van der Waals surface area contributed by atoms with E-state index in [9.17, 15) is 22.8 Å². The third-order valence-corrected chi connectivity index (χ3v) is 6.74. The summed E-state index contributed by atoms with van der Waals surface area (Å²) >= 11 is 0.779. The van der Waals surface area contributed by atoms with Crippen LogP contribution in [-0.2, 0) is 15.7 Å². The van der Waals surface area contributed by atoms with Gasteiger partial charge in [-0.15, -0.1) is 11.3 Å². The van der Waals surface area contributed by atoms with Gasteiger partial charge in [0.25, 0.3) is 0 Å². The molecule has 39 heavy (non-hydrogen) atoms. The van der Waals surface area contributed by atoms with Gasteiger partial charge in [0.15, 0.2) is 5.69 Å². The topological polar surface area (TPSA) is 125 Å². The number of ether oxygens (including phenoxy) is 3. The summed E-state index contributed by atoms with van der Waals surface area (Å²) in [5, 5.41) is 6.05. The molecule has 4 heterocycles. The van der Waals surface area contributed by atoms with Gasteiger partial charge < -0.3 is 19.5 Å². The Bertz CT molecular complexity index is 1330. The van der Waals surface area contributed by atoms with Crippen LogP contribution in [0, 0.1) is 5.92 Å². The van der Waals surface area contributed by atoms with Crippen LogP contribution in [0.25, 0.3) is 21.7 Å². The highest BCUT2D eigenvalue weighted by molar-refractivity contribution is 7.13. The fraction of sp³-hybridized carbons (Fsp3) is 0.400. The Kier molecular flexibility index (Phi) is 8.97. The third kappa shape index (κ3) is 7.00. The van der Waals surface area contributed by atoms with Crippen molar-refractivity contribution in [3.8, 4) is 27.6 Å². The lowest BCUT2D eigenvalue weighted by Gasteiger charge is -2.22. The van der Waals surface area contributed by atoms with Gasteiger partial charge >= 0.3 is 18.2 Å². The lowest BCUT2D eigenvalue weighted by Crippen LogP contribution is -2.28. The number of halogens is 3. The third-order valence-electron chi connectivity index (χ3n) is 5.87. The van der Waals surface area contributed by atoms with Gasteiger partial charge in [-0.1, -0.05) is 0 Å². The van der Waals surface area contributed by atoms with Crippen LogP contribution in [0.5, 0.6) is 5.88 Å². The summed E-state index contributed by atoms with van der Waals surface area (Å²) in [5.74, 6) is -0.181. The fourth-order valence-corrected chi connectivity index (χ4v) is 4.72. The highest BCUT2D eigenvalue weighted by Gasteiger charge is 2.34. The summed E-state index contributed by atoms with van der Waals surface area (Å²) < 4.78 is 56.4. The quantitative estimate of drug-likeness (QED) is 0.365. The van der Waals surface area contributed by atoms with Crippen molar-refractivity contribution in [3.63, 3.8) is 0 Å². The highest BCUT2D eigenvalue weighted by atomic mass is 32.1. The maximum atomic E-state index is 13.4. The van der Waals surface area contributed by atoms with Crippen LogP contribution in [0.3, 0.4) is 0 Å². The number of carbonyl (C=O) groups excluding carboxylic acids is 2. The number of nitrogens with one attached hydrogen (secondary N) is 2. The lowest BCUT2D eigenvalue weighted by atomic mass is 10.0. The summed E-state index contributed by atoms with van der Waals surface area (Å²) in [5.41, 5.74) is -0.102. The molecule has 0 aromatic carbocycles. The van der Waals surface area contributed by atoms with Crippen molar-refractivity contribution in [2.75, 3.05) is 38.8 Å². The molecule has 3 aromatic heterocycles. The predicted molar refractivity (Wildman–Crippen MR) is 137 cm³/mol. The second-order valence-corrected chi connectivity index (χ2v) is 9.43. The maximum absolute atomic E-state index is 13.4. The highest BCUT2D eigenvalue weighted by Crippen LogP contribution is 2.41. The first kappa shape index (κ1) is 28.2. The number of alkyl halides is 3. The van der Waals surface area contributed by atoms with Crippen LogP contribution < -0.4 is 15.4 Å². The molecule has 208 valence electrons. The minimum atomic E-state index is -4.64. The van der Waals surface area contributed by atoms with Crippen molar-refractivity contribution in [3.05, 3.63) is 41.2 Å². The zero-order valence-electron chi connectivity index (χ0n) is 21.1. The van der Waals surface area contributed by atoms with Crippen molar-refractivity contribution in [1.82, 2.24) is 20.3 Å². The second kappa shape index (κ2) is 12.4. The molecule has 1 aliphatic rings. The molecule has 3 aromatic rings. The van der Waals surface area contributed by atoms with E-state index in [1.807, 2.05) is 0 Å². The first-order valence-corrected chi connectivity index (χ1v) is 12.9. The average molecular weight is 566 g/mol. The standard InChI is InChI=1S/C25H26F3N5O5S/c1-3-29-24(35)33-20-9-17(22-32-19(13-39-22)25(26,27)28)18(11-30-20)16-8-15(23(34)36-2)10-31-21(16)38-12-14-4-6-37-7-5-14/h8-11,13-14H,3-7,12H2,1-2H3,(H2,29,30,33,35). The van der Waals surface area contributed by atoms with Gasteiger partial charge in [-0.05, 0) is 37.8 Å². The smallest absolute Gasteiger partial charge is 0.434 e. The summed E-state index contributed by atoms with van der Waals surface area (Å²) in [4.78, 5) is 36.8. The van der Waals surface area contributed by atoms with E-state index in [1.54, 1.807) is 6.92 Å². The predicted octanol–water partition coefficient (Wildman–Crippen LogP) is 5.02. The van der Waals surface area contributed by atoms with Crippen molar-refractivity contribution < 1.29 is 37.0 Å². The number of carbonyl (C=O) groups is 2. The number of hydrogen-bond donors (Lipinski definition) is 2. The van der Waals surface area contributed by atoms with Crippen LogP contribution >= 0.6 is 11.3 Å². The van der Waals surface area contributed by atoms with Gasteiger partial charge in [-0.25, -0.2) is 24.5 Å². The Hall–Kier alpha value is -3.78. The largest absolute Gasteiger partial charge is 0.477 e. The molecule has 10 nitrogen and oxygen atoms in total. The Morgan fingerprint density at radius 1 is 1.13 bits per heavy atom. The van der Waals surface area contributed by atoms with E-state index in [1.165, 1.54) is 31.6 Å². The molecular weight excluding hydrogens is 539 g/mol. The van der Waals surface area contributed by atoms with Crippen LogP contribution in [0.15, 0.2) is 29.9 Å². The molecule has 0 saturated carbocycles. The first-order chi connectivity index (χ1) is 18.7. The number of pyridine rings is 2. The van der Waals surface area contributed by atoms with E-state index in [4.69, 9.17) is 14.2 Å². The number of aromatic nitrogens is 3. The zero-order chi connectivity index (χ0) is 28.0. The number of hydrogen-bond acceptors (Lipinski definition) is 9. The maximum Gasteiger partial charge on any atom is 0.434 e. The molecule has 2 N–H and O–H groups in total. The average Bonchev–Trinajstić information content (AvgIpc) is 3.43. The fourth-order valence-electron chi connectivity index (χ4n) is 3.86. The number of esters is 1. The second-order valence-electron chi connectivity index (χ2n) is 8.57. The first-order valence-electron chi connectivity index (χ1n) is 12.1. The summed E-state index contributed by atoms with van der Waals surface area (Å²) in [6.45, 7) is 3.66. The van der Waals surface area contributed by atoms with Crippen LogP contribution in [0.1, 0.15) is 35.8 Å². The van der Waals surface area contributed by atoms with Crippen molar-refractivity contribution in [2.24, 2.45) is 5.92 Å². The number of amides is 2. The molecule has 0 bridgehead atoms. The van der Waals surface area contributed by atoms with Gasteiger partial charge in [-0.2, -0.15) is 13.2 Å². The molecule has 0 aliphatic carbocycles. The number of rotatable bonds is 8. The zero-order valence-corrected chi connectivity index (χ0v) is 21.9. The molecular formula is C25H26F3N5O5S. The molecule has 0 spiro atoms. The van der Waals surface area contributed by atoms with E-state index in [0.29, 0.717) is 37.5 Å². The van der Waals surface area contributed by atoms with Gasteiger partial charge in [0.05, 0.1) is 19.3 Å². The van der Waals surface area contributed by atoms with Crippen molar-refractivity contribution >= 4 is 29.2 Å². The van der Waals surface area contributed by atoms with Crippen molar-refractivity contribution in [2.45, 2.75) is 25.9 Å². The SMILES string of the molecule is CCNC(=O)Nc1cc(-c2nc(C(F)(F)F)cs2)c(-c2cc(C(=O)OC)cnc2OCC2CCOCC2)cn1. The van der Waals surface area contributed by atoms with E-state index >= 15 is 0 Å². The number of anilines is 1. The minimum absolute atomic E-state index is 0.0255. The molecule has 4 rings (SSSR count). The summed E-state index contributed by atoms with van der Waals surface area (Å²) in [6, 6.07) is 2.36. The summed E-state index contributed by atoms with van der Waals surface area (Å²) in [6.07, 6.45) is -0.360. The molecule has 0 radical (unpaired) electrons. The summed E-state index contributed by atoms with van der Waals surface area (Å²) in [7, 11) is 1.22. The molecule has 0 unspecified atom stereocenters. The Balaban J connectivity index is 1.81. The molecule has 2 amide bonds. The monoisotopic (exact) mass is 565 g/mol. The number of nitrogens with zero attached hydrogens (tertiary/aromatic N) is 3. The van der Waals surface area contributed by atoms with Crippen LogP contribution in [0.2, 0.25) is 0 Å². The number of urea groups is 1. The number of thiazole rings is 1. The normalized spacial score (nSPS) is 14.1. The van der Waals surface area contributed by atoms with Gasteiger partial charge in [0, 0.05) is 54.2 Å². The van der Waals surface area contributed by atoms with E-state index in [2.05, 4.69) is 25.6 Å². The number of methoxy groups -OCH3 is 1. The minimum Gasteiger partial charge on any atom is -0.477 e. The molecule has 1 aliphatic heterocycles. The Labute approximate surface area is 225 Å². The van der Waals surface area contributed by atoms with Crippen LogP contribution in [0.4, 0.5) is 23.8 Å². The van der Waals surface area contributed by atoms with Gasteiger partial charge in [-0.3, -0.25) is 5.32 Å². The van der Waals surface area contributed by atoms with Crippen molar-refractivity contribution in [1.29, 1.82) is 0 Å². The van der Waals surface area contributed by atoms with E-state index < -0.39 is 23.9 Å². The Morgan fingerprint density at radius 3 is 2.56 bits per heavy atom. The molecule has 0 atom stereocenters. The Morgan fingerprint density at radius 2 is 1.90 bits per heavy atom. The molecule has 14 heteroatoms. The van der Waals surface area contributed by atoms with Gasteiger partial charge in [0.2, 0.25) is 5.88 Å². The van der Waals surface area contributed by atoms with E-state index in [-0.39, 0.29) is 33.8 Å². The molecule has 1 saturated heterocycles.